The first-order valence-electron chi connectivity index (χ1n) is 10.2. The van der Waals surface area contributed by atoms with Crippen LogP contribution in [0.15, 0.2) is 60.7 Å². The molecule has 0 unspecified atom stereocenters. The van der Waals surface area contributed by atoms with Gasteiger partial charge in [0.05, 0.1) is 30.0 Å². The number of amides is 1. The summed E-state index contributed by atoms with van der Waals surface area (Å²) in [5.74, 6) is -3.69. The molecule has 1 fully saturated rings. The average Bonchev–Trinajstić information content (AvgIpc) is 2.77. The fourth-order valence-electron chi connectivity index (χ4n) is 3.70. The number of aliphatic hydroxyl groups is 1. The molecule has 34 heavy (non-hydrogen) atoms. The van der Waals surface area contributed by atoms with E-state index in [1.165, 1.54) is 17.0 Å². The van der Waals surface area contributed by atoms with Gasteiger partial charge in [-0.3, -0.25) is 4.79 Å². The zero-order valence-corrected chi connectivity index (χ0v) is 20.8. The van der Waals surface area contributed by atoms with Crippen LogP contribution in [0.3, 0.4) is 0 Å². The highest BCUT2D eigenvalue weighted by molar-refractivity contribution is 14.1. The first kappa shape index (κ1) is 26.3. The van der Waals surface area contributed by atoms with Crippen molar-refractivity contribution in [1.29, 1.82) is 0 Å². The summed E-state index contributed by atoms with van der Waals surface area (Å²) >= 11 is 1.93. The summed E-state index contributed by atoms with van der Waals surface area (Å²) in [6, 6.07) is 15.9. The molecule has 0 atom stereocenters. The number of carbonyl (C=O) groups is 1. The maximum absolute atomic E-state index is 14.6. The Labute approximate surface area is 214 Å². The number of nitrogens with zero attached hydrogens (tertiary/aromatic N) is 1. The average molecular weight is 604 g/mol. The van der Waals surface area contributed by atoms with E-state index < -0.39 is 34.6 Å². The Morgan fingerprint density at radius 1 is 1.03 bits per heavy atom. The van der Waals surface area contributed by atoms with Gasteiger partial charge in [-0.2, -0.15) is 0 Å². The molecule has 1 heterocycles. The molecule has 0 radical (unpaired) electrons. The molecule has 0 aliphatic carbocycles. The van der Waals surface area contributed by atoms with Crippen molar-refractivity contribution in [3.05, 3.63) is 92.8 Å². The van der Waals surface area contributed by atoms with Crippen LogP contribution in [0.1, 0.15) is 15.9 Å². The van der Waals surface area contributed by atoms with Crippen molar-refractivity contribution in [2.24, 2.45) is 0 Å². The molecule has 4 rings (SSSR count). The summed E-state index contributed by atoms with van der Waals surface area (Å²) < 4.78 is 43.4. The summed E-state index contributed by atoms with van der Waals surface area (Å²) in [5, 5.41) is 16.3. The van der Waals surface area contributed by atoms with Crippen LogP contribution in [-0.4, -0.2) is 41.1 Å². The van der Waals surface area contributed by atoms with Crippen LogP contribution >= 0.6 is 35.0 Å². The lowest BCUT2D eigenvalue weighted by Crippen LogP contribution is -2.67. The zero-order valence-electron chi connectivity index (χ0n) is 17.8. The van der Waals surface area contributed by atoms with Gasteiger partial charge in [0.25, 0.3) is 5.91 Å². The summed E-state index contributed by atoms with van der Waals surface area (Å²) in [4.78, 5) is 14.3. The first-order valence-corrected chi connectivity index (χ1v) is 11.3. The van der Waals surface area contributed by atoms with Crippen LogP contribution in [0.25, 0.3) is 0 Å². The maximum atomic E-state index is 14.6. The topological polar surface area (TPSA) is 64.6 Å². The van der Waals surface area contributed by atoms with Crippen molar-refractivity contribution in [1.82, 2.24) is 10.2 Å². The Hall–Kier alpha value is -2.34. The van der Waals surface area contributed by atoms with Crippen LogP contribution < -0.4 is 10.6 Å². The number of hydrogen-bond acceptors (Lipinski definition) is 4. The van der Waals surface area contributed by atoms with E-state index in [4.69, 9.17) is 0 Å². The second-order valence-corrected chi connectivity index (χ2v) is 9.25. The lowest BCUT2D eigenvalue weighted by molar-refractivity contribution is -0.0787. The first-order chi connectivity index (χ1) is 15.8. The van der Waals surface area contributed by atoms with E-state index >= 15 is 0 Å². The van der Waals surface area contributed by atoms with E-state index in [-0.39, 0.29) is 43.3 Å². The lowest BCUT2D eigenvalue weighted by atomic mass is 9.92. The number of β-amino-alcohol motifs (C(OH)–C–C–N with tert-alkyl or cyclic N) is 1. The van der Waals surface area contributed by atoms with Gasteiger partial charge in [0.1, 0.15) is 11.4 Å². The van der Waals surface area contributed by atoms with E-state index in [9.17, 15) is 23.1 Å². The number of rotatable bonds is 7. The van der Waals surface area contributed by atoms with Crippen LogP contribution in [-0.2, 0) is 6.54 Å². The molecule has 10 heteroatoms. The second kappa shape index (κ2) is 10.9. The van der Waals surface area contributed by atoms with Crippen molar-refractivity contribution in [2.75, 3.05) is 25.0 Å². The van der Waals surface area contributed by atoms with Gasteiger partial charge < -0.3 is 20.6 Å². The molecule has 0 aromatic heterocycles. The Kier molecular flexibility index (Phi) is 8.45. The number of halogens is 5. The number of hydrogen-bond donors (Lipinski definition) is 3. The smallest absolute Gasteiger partial charge is 0.256 e. The molecule has 180 valence electrons. The van der Waals surface area contributed by atoms with Gasteiger partial charge in [-0.1, -0.05) is 30.3 Å². The van der Waals surface area contributed by atoms with E-state index in [1.807, 2.05) is 52.9 Å². The second-order valence-electron chi connectivity index (χ2n) is 8.01. The standard InChI is InChI=1S/C24H21F3IN3O2.ClH/c25-18-8-7-17(22(21(18)27)30-20-9-6-16(28)10-19(20)26)23(32)31-13-24(33,14-31)12-29-11-15-4-2-1-3-5-15;/h1-10,29-30,33H,11-14H2;1H. The van der Waals surface area contributed by atoms with E-state index in [0.717, 1.165) is 17.7 Å². The maximum Gasteiger partial charge on any atom is 0.256 e. The molecule has 5 nitrogen and oxygen atoms in total. The molecule has 0 saturated carbocycles. The Morgan fingerprint density at radius 3 is 2.41 bits per heavy atom. The van der Waals surface area contributed by atoms with Crippen LogP contribution in [0.4, 0.5) is 24.5 Å². The van der Waals surface area contributed by atoms with Crippen LogP contribution in [0.5, 0.6) is 0 Å². The molecular formula is C24H22ClF3IN3O2. The number of carbonyl (C=O) groups excluding carboxylic acids is 1. The molecule has 0 spiro atoms. The van der Waals surface area contributed by atoms with Crippen molar-refractivity contribution < 1.29 is 23.1 Å². The largest absolute Gasteiger partial charge is 0.385 e. The van der Waals surface area contributed by atoms with E-state index in [2.05, 4.69) is 10.6 Å². The van der Waals surface area contributed by atoms with Gasteiger partial charge >= 0.3 is 0 Å². The third-order valence-electron chi connectivity index (χ3n) is 5.40. The third kappa shape index (κ3) is 5.83. The van der Waals surface area contributed by atoms with Gasteiger partial charge in [0.2, 0.25) is 0 Å². The third-order valence-corrected chi connectivity index (χ3v) is 6.07. The highest BCUT2D eigenvalue weighted by Gasteiger charge is 2.44. The number of likely N-dealkylation sites (tertiary alicyclic amines) is 1. The van der Waals surface area contributed by atoms with Crippen molar-refractivity contribution in [3.8, 4) is 0 Å². The Balaban J connectivity index is 0.00000324. The normalized spacial score (nSPS) is 14.2. The number of benzene rings is 3. The molecule has 1 aliphatic rings. The summed E-state index contributed by atoms with van der Waals surface area (Å²) in [6.07, 6.45) is 0. The predicted octanol–water partition coefficient (Wildman–Crippen LogP) is 4.85. The molecule has 1 aliphatic heterocycles. The molecule has 3 aromatic rings. The molecule has 3 N–H and O–H groups in total. The fourth-order valence-corrected chi connectivity index (χ4v) is 4.16. The zero-order chi connectivity index (χ0) is 23.6. The van der Waals surface area contributed by atoms with Crippen molar-refractivity contribution in [2.45, 2.75) is 12.1 Å². The number of nitrogens with one attached hydrogen (secondary N) is 2. The quantitative estimate of drug-likeness (QED) is 0.338. The highest BCUT2D eigenvalue weighted by Crippen LogP contribution is 2.31. The number of anilines is 2. The minimum Gasteiger partial charge on any atom is -0.385 e. The van der Waals surface area contributed by atoms with Gasteiger partial charge in [-0.15, -0.1) is 12.4 Å². The summed E-state index contributed by atoms with van der Waals surface area (Å²) in [6.45, 7) is 0.895. The van der Waals surface area contributed by atoms with Crippen molar-refractivity contribution >= 4 is 52.3 Å². The Bertz CT molecular complexity index is 1180. The minimum atomic E-state index is -1.28. The minimum absolute atomic E-state index is 0. The van der Waals surface area contributed by atoms with E-state index in [0.29, 0.717) is 10.1 Å². The van der Waals surface area contributed by atoms with E-state index in [1.54, 1.807) is 6.07 Å². The fraction of sp³-hybridized carbons (Fsp3) is 0.208. The molecule has 1 amide bonds. The molecule has 1 saturated heterocycles. The van der Waals surface area contributed by atoms with Gasteiger partial charge in [0, 0.05) is 16.7 Å². The summed E-state index contributed by atoms with van der Waals surface area (Å²) in [7, 11) is 0. The molecule has 0 bridgehead atoms. The van der Waals surface area contributed by atoms with Gasteiger partial charge in [0.15, 0.2) is 11.6 Å². The highest BCUT2D eigenvalue weighted by atomic mass is 127. The van der Waals surface area contributed by atoms with Crippen LogP contribution in [0, 0.1) is 21.0 Å². The monoisotopic (exact) mass is 603 g/mol. The molecule has 3 aromatic carbocycles. The SMILES string of the molecule is Cl.O=C(c1ccc(F)c(F)c1Nc1ccc(I)cc1F)N1CC(O)(CNCc2ccccc2)C1. The van der Waals surface area contributed by atoms with Gasteiger partial charge in [-0.25, -0.2) is 13.2 Å². The lowest BCUT2D eigenvalue weighted by Gasteiger charge is -2.46. The predicted molar refractivity (Wildman–Crippen MR) is 135 cm³/mol. The van der Waals surface area contributed by atoms with Crippen molar-refractivity contribution in [3.63, 3.8) is 0 Å². The Morgan fingerprint density at radius 2 is 1.74 bits per heavy atom. The molecular weight excluding hydrogens is 582 g/mol. The summed E-state index contributed by atoms with van der Waals surface area (Å²) in [5.41, 5.74) is -0.740. The van der Waals surface area contributed by atoms with Gasteiger partial charge in [-0.05, 0) is 58.5 Å². The van der Waals surface area contributed by atoms with Crippen LogP contribution in [0.2, 0.25) is 0 Å².